The molecule has 0 atom stereocenters. The summed E-state index contributed by atoms with van der Waals surface area (Å²) < 4.78 is 1.59. The number of nitrogens with zero attached hydrogens (tertiary/aromatic N) is 2. The topological polar surface area (TPSA) is 91.8 Å². The molecule has 0 aliphatic heterocycles. The minimum atomic E-state index is -0.443. The van der Waals surface area contributed by atoms with Gasteiger partial charge in [-0.25, -0.2) is 4.68 Å². The van der Waals surface area contributed by atoms with Crippen LogP contribution in [0.25, 0.3) is 5.69 Å². The number of hydrogen-bond acceptors (Lipinski definition) is 3. The fourth-order valence-electron chi connectivity index (χ4n) is 1.89. The van der Waals surface area contributed by atoms with Crippen LogP contribution in [0.1, 0.15) is 20.8 Å². The number of hydrogen-bond donors (Lipinski definition) is 3. The van der Waals surface area contributed by atoms with E-state index in [1.807, 2.05) is 30.3 Å². The Morgan fingerprint density at radius 1 is 1.00 bits per heavy atom. The van der Waals surface area contributed by atoms with Crippen LogP contribution in [0.2, 0.25) is 0 Å². The fourth-order valence-corrected chi connectivity index (χ4v) is 1.89. The second kappa shape index (κ2) is 5.96. The Kier molecular flexibility index (Phi) is 3.69. The van der Waals surface area contributed by atoms with Crippen LogP contribution >= 0.6 is 0 Å². The van der Waals surface area contributed by atoms with E-state index in [0.29, 0.717) is 11.3 Å². The third kappa shape index (κ3) is 2.88. The van der Waals surface area contributed by atoms with Gasteiger partial charge in [0.05, 0.1) is 17.4 Å². The van der Waals surface area contributed by atoms with Crippen molar-refractivity contribution < 1.29 is 9.59 Å². The zero-order chi connectivity index (χ0) is 15.4. The fraction of sp³-hybridized carbons (Fsp3) is 0. The number of aromatic amines is 1. The van der Waals surface area contributed by atoms with Crippen LogP contribution in [0, 0.1) is 0 Å². The number of para-hydroxylation sites is 1. The quantitative estimate of drug-likeness (QED) is 0.635. The molecule has 0 fully saturated rings. The van der Waals surface area contributed by atoms with Gasteiger partial charge in [0.2, 0.25) is 0 Å². The van der Waals surface area contributed by atoms with Gasteiger partial charge in [0.1, 0.15) is 5.69 Å². The van der Waals surface area contributed by atoms with Crippen molar-refractivity contribution in [1.29, 1.82) is 0 Å². The molecule has 0 saturated carbocycles. The van der Waals surface area contributed by atoms with Gasteiger partial charge in [-0.1, -0.05) is 18.2 Å². The van der Waals surface area contributed by atoms with Gasteiger partial charge in [0.15, 0.2) is 0 Å². The molecule has 110 valence electrons. The number of rotatable bonds is 3. The maximum atomic E-state index is 12.0. The number of hydrazine groups is 1. The second-order valence-corrected chi connectivity index (χ2v) is 4.50. The number of nitrogens with one attached hydrogen (secondary N) is 3. The Labute approximate surface area is 125 Å². The summed E-state index contributed by atoms with van der Waals surface area (Å²) in [5, 5.41) is 4.12. The molecule has 0 radical (unpaired) electrons. The Balaban J connectivity index is 1.64. The van der Waals surface area contributed by atoms with Gasteiger partial charge in [-0.15, -0.1) is 0 Å². The van der Waals surface area contributed by atoms with E-state index in [1.165, 1.54) is 6.20 Å². The van der Waals surface area contributed by atoms with Gasteiger partial charge in [0.25, 0.3) is 11.8 Å². The molecule has 3 N–H and O–H groups in total. The summed E-state index contributed by atoms with van der Waals surface area (Å²) in [5.74, 6) is -0.865. The van der Waals surface area contributed by atoms with Crippen molar-refractivity contribution in [3.05, 3.63) is 72.3 Å². The van der Waals surface area contributed by atoms with E-state index in [9.17, 15) is 9.59 Å². The number of carbonyl (C=O) groups is 2. The standard InChI is InChI=1S/C15H13N5O2/c21-14(18-19-15(22)13-7-4-8-16-13)11-9-17-20(10-11)12-5-2-1-3-6-12/h1-10,16H,(H,18,21)(H,19,22). The van der Waals surface area contributed by atoms with E-state index in [1.54, 1.807) is 29.2 Å². The van der Waals surface area contributed by atoms with Crippen LogP contribution in [0.15, 0.2) is 61.1 Å². The molecule has 0 aliphatic rings. The van der Waals surface area contributed by atoms with Crippen molar-refractivity contribution in [2.45, 2.75) is 0 Å². The number of aromatic nitrogens is 3. The third-order valence-corrected chi connectivity index (χ3v) is 3.00. The molecule has 0 aliphatic carbocycles. The molecule has 0 unspecified atom stereocenters. The minimum Gasteiger partial charge on any atom is -0.357 e. The van der Waals surface area contributed by atoms with Crippen molar-refractivity contribution in [2.24, 2.45) is 0 Å². The molecule has 7 heteroatoms. The smallest absolute Gasteiger partial charge is 0.286 e. The van der Waals surface area contributed by atoms with Crippen molar-refractivity contribution in [3.63, 3.8) is 0 Å². The lowest BCUT2D eigenvalue weighted by Gasteiger charge is -2.04. The number of benzene rings is 1. The lowest BCUT2D eigenvalue weighted by atomic mass is 10.3. The first-order valence-electron chi connectivity index (χ1n) is 6.58. The van der Waals surface area contributed by atoms with Crippen LogP contribution in [0.5, 0.6) is 0 Å². The van der Waals surface area contributed by atoms with Gasteiger partial charge >= 0.3 is 0 Å². The predicted molar refractivity (Wildman–Crippen MR) is 79.3 cm³/mol. The largest absolute Gasteiger partial charge is 0.357 e. The molecular weight excluding hydrogens is 282 g/mol. The van der Waals surface area contributed by atoms with Crippen LogP contribution in [0.4, 0.5) is 0 Å². The van der Waals surface area contributed by atoms with Gasteiger partial charge in [-0.3, -0.25) is 20.4 Å². The van der Waals surface area contributed by atoms with E-state index in [4.69, 9.17) is 0 Å². The molecule has 22 heavy (non-hydrogen) atoms. The molecular formula is C15H13N5O2. The monoisotopic (exact) mass is 295 g/mol. The highest BCUT2D eigenvalue weighted by Crippen LogP contribution is 2.07. The summed E-state index contributed by atoms with van der Waals surface area (Å²) in [5.41, 5.74) is 6.21. The average molecular weight is 295 g/mol. The van der Waals surface area contributed by atoms with Crippen LogP contribution < -0.4 is 10.9 Å². The summed E-state index contributed by atoms with van der Waals surface area (Å²) in [6.07, 6.45) is 4.65. The van der Waals surface area contributed by atoms with Crippen LogP contribution in [0.3, 0.4) is 0 Å². The first-order chi connectivity index (χ1) is 10.7. The van der Waals surface area contributed by atoms with Gasteiger partial charge in [-0.05, 0) is 24.3 Å². The summed E-state index contributed by atoms with van der Waals surface area (Å²) in [7, 11) is 0. The highest BCUT2D eigenvalue weighted by Gasteiger charge is 2.11. The summed E-state index contributed by atoms with van der Waals surface area (Å²) in [6, 6.07) is 12.7. The van der Waals surface area contributed by atoms with Crippen molar-refractivity contribution in [1.82, 2.24) is 25.6 Å². The first-order valence-corrected chi connectivity index (χ1v) is 6.58. The number of carbonyl (C=O) groups excluding carboxylic acids is 2. The van der Waals surface area contributed by atoms with E-state index < -0.39 is 11.8 Å². The maximum absolute atomic E-state index is 12.0. The average Bonchev–Trinajstić information content (AvgIpc) is 3.24. The second-order valence-electron chi connectivity index (χ2n) is 4.50. The zero-order valence-corrected chi connectivity index (χ0v) is 11.5. The molecule has 3 rings (SSSR count). The highest BCUT2D eigenvalue weighted by molar-refractivity contribution is 5.98. The third-order valence-electron chi connectivity index (χ3n) is 3.00. The summed E-state index contributed by atoms with van der Waals surface area (Å²) >= 11 is 0. The molecule has 0 spiro atoms. The van der Waals surface area contributed by atoms with E-state index in [-0.39, 0.29) is 0 Å². The molecule has 0 bridgehead atoms. The van der Waals surface area contributed by atoms with E-state index in [2.05, 4.69) is 20.9 Å². The molecule has 2 aromatic heterocycles. The Bertz CT molecular complexity index is 777. The normalized spacial score (nSPS) is 10.2. The molecule has 3 aromatic rings. The van der Waals surface area contributed by atoms with E-state index in [0.717, 1.165) is 5.69 Å². The predicted octanol–water partition coefficient (Wildman–Crippen LogP) is 1.28. The van der Waals surface area contributed by atoms with Gasteiger partial charge < -0.3 is 4.98 Å². The molecule has 2 amide bonds. The SMILES string of the molecule is O=C(NNC(=O)c1ccc[nH]1)c1cnn(-c2ccccc2)c1. The van der Waals surface area contributed by atoms with Crippen LogP contribution in [-0.4, -0.2) is 26.6 Å². The van der Waals surface area contributed by atoms with Gasteiger partial charge in [0, 0.05) is 12.4 Å². The van der Waals surface area contributed by atoms with E-state index >= 15 is 0 Å². The number of H-pyrrole nitrogens is 1. The first kappa shape index (κ1) is 13.6. The molecule has 2 heterocycles. The van der Waals surface area contributed by atoms with Gasteiger partial charge in [-0.2, -0.15) is 5.10 Å². The number of amides is 2. The molecule has 7 nitrogen and oxygen atoms in total. The molecule has 0 saturated heterocycles. The Morgan fingerprint density at radius 3 is 2.50 bits per heavy atom. The van der Waals surface area contributed by atoms with Crippen molar-refractivity contribution in [2.75, 3.05) is 0 Å². The Hall–Kier alpha value is -3.35. The van der Waals surface area contributed by atoms with Crippen molar-refractivity contribution in [3.8, 4) is 5.69 Å². The summed E-state index contributed by atoms with van der Waals surface area (Å²) in [6.45, 7) is 0. The molecule has 1 aromatic carbocycles. The lowest BCUT2D eigenvalue weighted by molar-refractivity contribution is 0.0844. The highest BCUT2D eigenvalue weighted by atomic mass is 16.2. The van der Waals surface area contributed by atoms with Crippen LogP contribution in [-0.2, 0) is 0 Å². The summed E-state index contributed by atoms with van der Waals surface area (Å²) in [4.78, 5) is 26.4. The lowest BCUT2D eigenvalue weighted by Crippen LogP contribution is -2.41. The van der Waals surface area contributed by atoms with Crippen molar-refractivity contribution >= 4 is 11.8 Å². The Morgan fingerprint density at radius 2 is 1.77 bits per heavy atom. The minimum absolute atomic E-state index is 0.343. The zero-order valence-electron chi connectivity index (χ0n) is 11.5. The maximum Gasteiger partial charge on any atom is 0.286 e.